The molecule has 0 saturated heterocycles. The first kappa shape index (κ1) is 20.7. The van der Waals surface area contributed by atoms with Crippen LogP contribution in [0.4, 0.5) is 16.2 Å². The van der Waals surface area contributed by atoms with Crippen molar-refractivity contribution < 1.29 is 24.4 Å². The molecule has 0 aliphatic heterocycles. The number of amides is 2. The predicted molar refractivity (Wildman–Crippen MR) is 103 cm³/mol. The Hall–Kier alpha value is -3.62. The molecule has 0 radical (unpaired) electrons. The standard InChI is InChI=1S/C19H21N3O6/c1-28-17-12-15(22(26)27)8-9-16(17)21-19(25)20-14(7-10-18(23)24)11-13-5-3-2-4-6-13/h2-6,8-9,12,14H,7,10-11H2,1H3,(H,23,24)(H2,20,21,25). The van der Waals surface area contributed by atoms with Gasteiger partial charge < -0.3 is 20.5 Å². The fraction of sp³-hybridized carbons (Fsp3) is 0.263. The molecule has 0 aliphatic carbocycles. The van der Waals surface area contributed by atoms with E-state index in [1.807, 2.05) is 30.3 Å². The minimum Gasteiger partial charge on any atom is -0.494 e. The number of benzene rings is 2. The third kappa shape index (κ3) is 6.27. The Kier molecular flexibility index (Phi) is 7.32. The van der Waals surface area contributed by atoms with Gasteiger partial charge in [0, 0.05) is 18.5 Å². The van der Waals surface area contributed by atoms with Crippen molar-refractivity contribution in [3.05, 3.63) is 64.2 Å². The number of carbonyl (C=O) groups excluding carboxylic acids is 1. The Labute approximate surface area is 161 Å². The van der Waals surface area contributed by atoms with E-state index < -0.39 is 23.0 Å². The Morgan fingerprint density at radius 2 is 1.93 bits per heavy atom. The van der Waals surface area contributed by atoms with Crippen molar-refractivity contribution in [2.45, 2.75) is 25.3 Å². The number of rotatable bonds is 9. The summed E-state index contributed by atoms with van der Waals surface area (Å²) in [7, 11) is 1.34. The molecule has 1 atom stereocenters. The Morgan fingerprint density at radius 1 is 1.21 bits per heavy atom. The summed E-state index contributed by atoms with van der Waals surface area (Å²) >= 11 is 0. The van der Waals surface area contributed by atoms with Crippen LogP contribution in [0.25, 0.3) is 0 Å². The molecule has 1 unspecified atom stereocenters. The lowest BCUT2D eigenvalue weighted by atomic mass is 10.0. The first-order chi connectivity index (χ1) is 13.4. The number of carbonyl (C=O) groups is 2. The SMILES string of the molecule is COc1cc([N+](=O)[O-])ccc1NC(=O)NC(CCC(=O)O)Cc1ccccc1. The number of nitro groups is 1. The van der Waals surface area contributed by atoms with E-state index in [1.165, 1.54) is 25.3 Å². The molecule has 0 bridgehead atoms. The predicted octanol–water partition coefficient (Wildman–Crippen LogP) is 3.20. The summed E-state index contributed by atoms with van der Waals surface area (Å²) in [5.74, 6) is -0.799. The number of aliphatic carboxylic acids is 1. The molecule has 0 fully saturated rings. The molecule has 148 valence electrons. The van der Waals surface area contributed by atoms with Crippen molar-refractivity contribution in [3.63, 3.8) is 0 Å². The normalized spacial score (nSPS) is 11.3. The van der Waals surface area contributed by atoms with E-state index in [2.05, 4.69) is 10.6 Å². The number of non-ortho nitro benzene ring substituents is 1. The van der Waals surface area contributed by atoms with Crippen LogP contribution in [-0.2, 0) is 11.2 Å². The second-order valence-corrected chi connectivity index (χ2v) is 6.06. The molecule has 2 amide bonds. The van der Waals surface area contributed by atoms with Gasteiger partial charge in [-0.15, -0.1) is 0 Å². The average Bonchev–Trinajstić information content (AvgIpc) is 2.67. The van der Waals surface area contributed by atoms with Gasteiger partial charge in [-0.25, -0.2) is 4.79 Å². The first-order valence-electron chi connectivity index (χ1n) is 8.54. The molecule has 2 rings (SSSR count). The van der Waals surface area contributed by atoms with Crippen LogP contribution >= 0.6 is 0 Å². The van der Waals surface area contributed by atoms with Crippen LogP contribution in [0.2, 0.25) is 0 Å². The summed E-state index contributed by atoms with van der Waals surface area (Å²) in [5.41, 5.74) is 1.07. The number of hydrogen-bond donors (Lipinski definition) is 3. The average molecular weight is 387 g/mol. The number of nitro benzene ring substituents is 1. The lowest BCUT2D eigenvalue weighted by Crippen LogP contribution is -2.39. The fourth-order valence-electron chi connectivity index (χ4n) is 2.66. The molecule has 9 heteroatoms. The topological polar surface area (TPSA) is 131 Å². The van der Waals surface area contributed by atoms with Crippen LogP contribution in [0.1, 0.15) is 18.4 Å². The maximum Gasteiger partial charge on any atom is 0.319 e. The van der Waals surface area contributed by atoms with Crippen LogP contribution in [0.15, 0.2) is 48.5 Å². The zero-order valence-corrected chi connectivity index (χ0v) is 15.3. The zero-order chi connectivity index (χ0) is 20.5. The highest BCUT2D eigenvalue weighted by atomic mass is 16.6. The molecule has 0 spiro atoms. The monoisotopic (exact) mass is 387 g/mol. The number of methoxy groups -OCH3 is 1. The fourth-order valence-corrected chi connectivity index (χ4v) is 2.66. The van der Waals surface area contributed by atoms with Crippen molar-refractivity contribution in [2.24, 2.45) is 0 Å². The van der Waals surface area contributed by atoms with E-state index >= 15 is 0 Å². The maximum absolute atomic E-state index is 12.4. The van der Waals surface area contributed by atoms with Crippen molar-refractivity contribution in [3.8, 4) is 5.75 Å². The Morgan fingerprint density at radius 3 is 2.54 bits per heavy atom. The molecule has 0 aromatic heterocycles. The second-order valence-electron chi connectivity index (χ2n) is 6.06. The van der Waals surface area contributed by atoms with Crippen molar-refractivity contribution in [1.29, 1.82) is 0 Å². The van der Waals surface area contributed by atoms with E-state index in [1.54, 1.807) is 0 Å². The van der Waals surface area contributed by atoms with Gasteiger partial charge in [0.15, 0.2) is 0 Å². The van der Waals surface area contributed by atoms with Gasteiger partial charge >= 0.3 is 12.0 Å². The van der Waals surface area contributed by atoms with Crippen LogP contribution in [0.3, 0.4) is 0 Å². The van der Waals surface area contributed by atoms with Gasteiger partial charge in [0.25, 0.3) is 5.69 Å². The summed E-state index contributed by atoms with van der Waals surface area (Å²) in [6, 6.07) is 12.3. The van der Waals surface area contributed by atoms with Gasteiger partial charge in [0.2, 0.25) is 0 Å². The van der Waals surface area contributed by atoms with E-state index in [-0.39, 0.29) is 30.0 Å². The van der Waals surface area contributed by atoms with Crippen molar-refractivity contribution in [2.75, 3.05) is 12.4 Å². The Balaban J connectivity index is 2.07. The van der Waals surface area contributed by atoms with Gasteiger partial charge in [-0.1, -0.05) is 30.3 Å². The second kappa shape index (κ2) is 9.91. The van der Waals surface area contributed by atoms with Gasteiger partial charge in [-0.3, -0.25) is 14.9 Å². The van der Waals surface area contributed by atoms with E-state index in [0.717, 1.165) is 5.56 Å². The van der Waals surface area contributed by atoms with E-state index in [4.69, 9.17) is 9.84 Å². The molecule has 0 aliphatic rings. The van der Waals surface area contributed by atoms with E-state index in [9.17, 15) is 19.7 Å². The summed E-state index contributed by atoms with van der Waals surface area (Å²) < 4.78 is 5.09. The molecule has 0 saturated carbocycles. The lowest BCUT2D eigenvalue weighted by Gasteiger charge is -2.19. The number of nitrogens with one attached hydrogen (secondary N) is 2. The number of hydrogen-bond acceptors (Lipinski definition) is 5. The summed E-state index contributed by atoms with van der Waals surface area (Å²) in [4.78, 5) is 33.6. The molecule has 2 aromatic carbocycles. The number of carboxylic acids is 1. The number of carboxylic acid groups (broad SMARTS) is 1. The quantitative estimate of drug-likeness (QED) is 0.447. The van der Waals surface area contributed by atoms with Crippen molar-refractivity contribution >= 4 is 23.4 Å². The highest BCUT2D eigenvalue weighted by molar-refractivity contribution is 5.91. The molecular weight excluding hydrogens is 366 g/mol. The minimum atomic E-state index is -0.947. The summed E-state index contributed by atoms with van der Waals surface area (Å²) in [6.45, 7) is 0. The number of nitrogens with zero attached hydrogens (tertiary/aromatic N) is 1. The van der Waals surface area contributed by atoms with E-state index in [0.29, 0.717) is 6.42 Å². The third-order valence-corrected chi connectivity index (χ3v) is 4.01. The largest absolute Gasteiger partial charge is 0.494 e. The number of urea groups is 1. The molecule has 0 heterocycles. The maximum atomic E-state index is 12.4. The summed E-state index contributed by atoms with van der Waals surface area (Å²) in [5, 5.41) is 25.1. The highest BCUT2D eigenvalue weighted by Gasteiger charge is 2.17. The summed E-state index contributed by atoms with van der Waals surface area (Å²) in [6.07, 6.45) is 0.645. The number of anilines is 1. The minimum absolute atomic E-state index is 0.0847. The van der Waals surface area contributed by atoms with Crippen LogP contribution in [0.5, 0.6) is 5.75 Å². The van der Waals surface area contributed by atoms with Gasteiger partial charge in [0.1, 0.15) is 5.75 Å². The van der Waals surface area contributed by atoms with Crippen LogP contribution in [-0.4, -0.2) is 35.2 Å². The molecule has 28 heavy (non-hydrogen) atoms. The first-order valence-corrected chi connectivity index (χ1v) is 8.54. The third-order valence-electron chi connectivity index (χ3n) is 4.01. The highest BCUT2D eigenvalue weighted by Crippen LogP contribution is 2.28. The molecule has 9 nitrogen and oxygen atoms in total. The van der Waals surface area contributed by atoms with Crippen LogP contribution < -0.4 is 15.4 Å². The van der Waals surface area contributed by atoms with Gasteiger partial charge in [-0.05, 0) is 24.5 Å². The Bertz CT molecular complexity index is 841. The molecule has 3 N–H and O–H groups in total. The van der Waals surface area contributed by atoms with Crippen LogP contribution in [0, 0.1) is 10.1 Å². The van der Waals surface area contributed by atoms with Gasteiger partial charge in [0.05, 0.1) is 23.8 Å². The number of ether oxygens (including phenoxy) is 1. The molecular formula is C19H21N3O6. The lowest BCUT2D eigenvalue weighted by molar-refractivity contribution is -0.384. The van der Waals surface area contributed by atoms with Crippen molar-refractivity contribution in [1.82, 2.24) is 5.32 Å². The molecule has 2 aromatic rings. The zero-order valence-electron chi connectivity index (χ0n) is 15.3. The smallest absolute Gasteiger partial charge is 0.319 e. The van der Waals surface area contributed by atoms with Gasteiger partial charge in [-0.2, -0.15) is 0 Å².